The van der Waals surface area contributed by atoms with Crippen molar-refractivity contribution in [3.63, 3.8) is 0 Å². The smallest absolute Gasteiger partial charge is 0.339 e. The largest absolute Gasteiger partial charge is 0.490 e. The van der Waals surface area contributed by atoms with Crippen molar-refractivity contribution in [1.29, 1.82) is 0 Å². The van der Waals surface area contributed by atoms with Gasteiger partial charge in [0.05, 0.1) is 21.7 Å². The molecule has 0 atom stereocenters. The Morgan fingerprint density at radius 2 is 1.69 bits per heavy atom. The molecular weight excluding hydrogens is 456 g/mol. The minimum absolute atomic E-state index is 0.0478. The van der Waals surface area contributed by atoms with Crippen LogP contribution in [0.25, 0.3) is 22.6 Å². The van der Waals surface area contributed by atoms with Crippen LogP contribution >= 0.6 is 0 Å². The van der Waals surface area contributed by atoms with Crippen LogP contribution in [0.2, 0.25) is 0 Å². The SMILES string of the molecule is O=C(OCCOc1ccccc1)c1c2c(nc3ccccc13)C(=Cc1ccc([N+](=O)[O-])cc1)CCC2. The molecule has 4 aromatic rings. The summed E-state index contributed by atoms with van der Waals surface area (Å²) in [4.78, 5) is 28.8. The lowest BCUT2D eigenvalue weighted by Gasteiger charge is -2.22. The summed E-state index contributed by atoms with van der Waals surface area (Å²) in [5, 5.41) is 11.8. The van der Waals surface area contributed by atoms with E-state index in [0.29, 0.717) is 5.56 Å². The second kappa shape index (κ2) is 10.4. The maximum atomic E-state index is 13.3. The number of aromatic nitrogens is 1. The minimum Gasteiger partial charge on any atom is -0.490 e. The van der Waals surface area contributed by atoms with E-state index in [9.17, 15) is 14.9 Å². The van der Waals surface area contributed by atoms with Crippen LogP contribution in [0.4, 0.5) is 5.69 Å². The van der Waals surface area contributed by atoms with Gasteiger partial charge in [-0.3, -0.25) is 10.1 Å². The van der Waals surface area contributed by atoms with E-state index in [2.05, 4.69) is 0 Å². The first-order valence-corrected chi connectivity index (χ1v) is 11.8. The van der Waals surface area contributed by atoms with Crippen LogP contribution in [-0.2, 0) is 11.2 Å². The van der Waals surface area contributed by atoms with E-state index in [1.54, 1.807) is 12.1 Å². The molecule has 0 aliphatic heterocycles. The van der Waals surface area contributed by atoms with Gasteiger partial charge in [-0.05, 0) is 72.4 Å². The van der Waals surface area contributed by atoms with E-state index in [0.717, 1.165) is 58.3 Å². The number of carbonyl (C=O) groups excluding carboxylic acids is 1. The second-order valence-corrected chi connectivity index (χ2v) is 8.50. The molecule has 0 spiro atoms. The number of pyridine rings is 1. The number of rotatable bonds is 7. The van der Waals surface area contributed by atoms with Crippen molar-refractivity contribution in [2.75, 3.05) is 13.2 Å². The van der Waals surface area contributed by atoms with E-state index in [-0.39, 0.29) is 18.9 Å². The van der Waals surface area contributed by atoms with Gasteiger partial charge in [0.15, 0.2) is 0 Å². The molecule has 5 rings (SSSR count). The van der Waals surface area contributed by atoms with Crippen LogP contribution in [0, 0.1) is 10.1 Å². The number of non-ortho nitro benzene ring substituents is 1. The highest BCUT2D eigenvalue weighted by Crippen LogP contribution is 2.36. The van der Waals surface area contributed by atoms with Gasteiger partial charge in [0, 0.05) is 17.5 Å². The van der Waals surface area contributed by atoms with Crippen LogP contribution < -0.4 is 4.74 Å². The first kappa shape index (κ1) is 23.2. The quantitative estimate of drug-likeness (QED) is 0.134. The molecular formula is C29H24N2O5. The predicted octanol–water partition coefficient (Wildman–Crippen LogP) is 6.26. The molecule has 7 heteroatoms. The molecule has 0 fully saturated rings. The van der Waals surface area contributed by atoms with Gasteiger partial charge in [-0.2, -0.15) is 0 Å². The normalized spacial score (nSPS) is 13.8. The van der Waals surface area contributed by atoms with E-state index < -0.39 is 10.9 Å². The van der Waals surface area contributed by atoms with Crippen molar-refractivity contribution >= 4 is 34.2 Å². The Labute approximate surface area is 208 Å². The zero-order valence-electron chi connectivity index (χ0n) is 19.6. The third-order valence-corrected chi connectivity index (χ3v) is 6.15. The van der Waals surface area contributed by atoms with Crippen LogP contribution in [-0.4, -0.2) is 29.1 Å². The van der Waals surface area contributed by atoms with Crippen molar-refractivity contribution in [3.8, 4) is 5.75 Å². The fraction of sp³-hybridized carbons (Fsp3) is 0.172. The molecule has 1 aromatic heterocycles. The second-order valence-electron chi connectivity index (χ2n) is 8.50. The van der Waals surface area contributed by atoms with Crippen molar-refractivity contribution in [3.05, 3.63) is 111 Å². The van der Waals surface area contributed by atoms with Crippen LogP contribution in [0.1, 0.15) is 40.0 Å². The third-order valence-electron chi connectivity index (χ3n) is 6.15. The highest BCUT2D eigenvalue weighted by atomic mass is 16.6. The number of hydrogen-bond donors (Lipinski definition) is 0. The number of para-hydroxylation sites is 2. The molecule has 7 nitrogen and oxygen atoms in total. The van der Waals surface area contributed by atoms with Gasteiger partial charge < -0.3 is 9.47 Å². The maximum Gasteiger partial charge on any atom is 0.339 e. The van der Waals surface area contributed by atoms with Gasteiger partial charge in [0.25, 0.3) is 5.69 Å². The topological polar surface area (TPSA) is 91.6 Å². The first-order valence-electron chi connectivity index (χ1n) is 11.8. The van der Waals surface area contributed by atoms with Crippen molar-refractivity contribution in [2.24, 2.45) is 0 Å². The lowest BCUT2D eigenvalue weighted by Crippen LogP contribution is -2.17. The number of carbonyl (C=O) groups is 1. The molecule has 0 N–H and O–H groups in total. The number of nitro benzene ring substituents is 1. The van der Waals surface area contributed by atoms with E-state index in [4.69, 9.17) is 14.5 Å². The van der Waals surface area contributed by atoms with E-state index >= 15 is 0 Å². The fourth-order valence-corrected chi connectivity index (χ4v) is 4.48. The molecule has 36 heavy (non-hydrogen) atoms. The Kier molecular flexibility index (Phi) is 6.71. The Bertz CT molecular complexity index is 1450. The van der Waals surface area contributed by atoms with Crippen LogP contribution in [0.5, 0.6) is 5.75 Å². The highest BCUT2D eigenvalue weighted by Gasteiger charge is 2.26. The minimum atomic E-state index is -0.413. The zero-order chi connectivity index (χ0) is 24.9. The summed E-state index contributed by atoms with van der Waals surface area (Å²) in [6.07, 6.45) is 4.37. The number of benzene rings is 3. The third kappa shape index (κ3) is 4.95. The lowest BCUT2D eigenvalue weighted by atomic mass is 9.86. The number of nitrogens with zero attached hydrogens (tertiary/aromatic N) is 2. The monoisotopic (exact) mass is 480 g/mol. The summed E-state index contributed by atoms with van der Waals surface area (Å²) >= 11 is 0. The van der Waals surface area contributed by atoms with Crippen molar-refractivity contribution in [1.82, 2.24) is 4.98 Å². The Morgan fingerprint density at radius 1 is 0.944 bits per heavy atom. The van der Waals surface area contributed by atoms with Gasteiger partial charge >= 0.3 is 5.97 Å². The molecule has 0 saturated heterocycles. The van der Waals surface area contributed by atoms with Gasteiger partial charge in [0.2, 0.25) is 0 Å². The summed E-state index contributed by atoms with van der Waals surface area (Å²) in [6.45, 7) is 0.386. The molecule has 0 unspecified atom stereocenters. The molecule has 0 amide bonds. The standard InChI is InChI=1S/C29H24N2O5/c32-29(36-18-17-35-23-8-2-1-3-9-23)27-24-10-4-5-12-26(24)30-28-21(7-6-11-25(27)28)19-20-13-15-22(16-14-20)31(33)34/h1-5,8-10,12-16,19H,6-7,11,17-18H2. The zero-order valence-corrected chi connectivity index (χ0v) is 19.6. The molecule has 1 heterocycles. The Balaban J connectivity index is 1.45. The molecule has 3 aromatic carbocycles. The van der Waals surface area contributed by atoms with Gasteiger partial charge in [-0.15, -0.1) is 0 Å². The number of esters is 1. The number of nitro groups is 1. The Hall–Kier alpha value is -4.52. The van der Waals surface area contributed by atoms with E-state index in [1.807, 2.05) is 60.7 Å². The average Bonchev–Trinajstić information content (AvgIpc) is 2.91. The summed E-state index contributed by atoms with van der Waals surface area (Å²) < 4.78 is 11.3. The van der Waals surface area contributed by atoms with Crippen LogP contribution in [0.15, 0.2) is 78.9 Å². The van der Waals surface area contributed by atoms with Crippen molar-refractivity contribution in [2.45, 2.75) is 19.3 Å². The molecule has 0 bridgehead atoms. The number of allylic oxidation sites excluding steroid dienone is 1. The predicted molar refractivity (Wildman–Crippen MR) is 138 cm³/mol. The Morgan fingerprint density at radius 3 is 2.47 bits per heavy atom. The average molecular weight is 481 g/mol. The number of hydrogen-bond acceptors (Lipinski definition) is 6. The number of ether oxygens (including phenoxy) is 2. The highest BCUT2D eigenvalue weighted by molar-refractivity contribution is 6.06. The molecule has 0 saturated carbocycles. The van der Waals surface area contributed by atoms with Crippen molar-refractivity contribution < 1.29 is 19.2 Å². The summed E-state index contributed by atoms with van der Waals surface area (Å²) in [5.41, 5.74) is 4.82. The molecule has 0 radical (unpaired) electrons. The van der Waals surface area contributed by atoms with Gasteiger partial charge in [-0.1, -0.05) is 36.4 Å². The summed E-state index contributed by atoms with van der Waals surface area (Å²) in [6, 6.07) is 23.4. The summed E-state index contributed by atoms with van der Waals surface area (Å²) in [7, 11) is 0. The van der Waals surface area contributed by atoms with Gasteiger partial charge in [-0.25, -0.2) is 9.78 Å². The number of fused-ring (bicyclic) bond motifs is 2. The van der Waals surface area contributed by atoms with Crippen LogP contribution in [0.3, 0.4) is 0 Å². The fourth-order valence-electron chi connectivity index (χ4n) is 4.48. The molecule has 1 aliphatic rings. The van der Waals surface area contributed by atoms with Gasteiger partial charge in [0.1, 0.15) is 19.0 Å². The first-order chi connectivity index (χ1) is 17.6. The lowest BCUT2D eigenvalue weighted by molar-refractivity contribution is -0.384. The van der Waals surface area contributed by atoms with E-state index in [1.165, 1.54) is 12.1 Å². The molecule has 1 aliphatic carbocycles. The maximum absolute atomic E-state index is 13.3. The molecule has 180 valence electrons. The summed E-state index contributed by atoms with van der Waals surface area (Å²) in [5.74, 6) is 0.333.